The highest BCUT2D eigenvalue weighted by molar-refractivity contribution is 5.58. The third-order valence-corrected chi connectivity index (χ3v) is 4.81. The van der Waals surface area contributed by atoms with Gasteiger partial charge in [-0.25, -0.2) is 4.39 Å². The lowest BCUT2D eigenvalue weighted by molar-refractivity contribution is 0.195. The number of halogens is 1. The van der Waals surface area contributed by atoms with Crippen LogP contribution in [0.15, 0.2) is 48.5 Å². The molecule has 0 spiro atoms. The zero-order valence-electron chi connectivity index (χ0n) is 14.4. The normalized spacial score (nSPS) is 16.9. The molecule has 1 saturated heterocycles. The molecule has 0 saturated carbocycles. The van der Waals surface area contributed by atoms with Gasteiger partial charge in [-0.15, -0.1) is 0 Å². The van der Waals surface area contributed by atoms with E-state index in [-0.39, 0.29) is 5.82 Å². The van der Waals surface area contributed by atoms with Crippen LogP contribution in [0, 0.1) is 5.82 Å². The van der Waals surface area contributed by atoms with Gasteiger partial charge < -0.3 is 9.64 Å². The van der Waals surface area contributed by atoms with Gasteiger partial charge in [-0.3, -0.25) is 4.90 Å². The summed E-state index contributed by atoms with van der Waals surface area (Å²) in [4.78, 5) is 4.90. The summed E-state index contributed by atoms with van der Waals surface area (Å²) in [7, 11) is 1.72. The van der Waals surface area contributed by atoms with Gasteiger partial charge in [0, 0.05) is 32.2 Å². The number of para-hydroxylation sites is 2. The van der Waals surface area contributed by atoms with Crippen LogP contribution in [0.3, 0.4) is 0 Å². The minimum Gasteiger partial charge on any atom is -0.495 e. The highest BCUT2D eigenvalue weighted by Gasteiger charge is 2.22. The van der Waals surface area contributed by atoms with Crippen LogP contribution in [0.5, 0.6) is 5.75 Å². The first-order valence-electron chi connectivity index (χ1n) is 8.54. The van der Waals surface area contributed by atoms with Crippen LogP contribution in [0.25, 0.3) is 0 Å². The number of hydrogen-bond acceptors (Lipinski definition) is 3. The number of ether oxygens (including phenoxy) is 1. The van der Waals surface area contributed by atoms with Crippen LogP contribution >= 0.6 is 0 Å². The molecule has 128 valence electrons. The van der Waals surface area contributed by atoms with E-state index in [1.54, 1.807) is 19.2 Å². The minimum absolute atomic E-state index is 0.170. The van der Waals surface area contributed by atoms with E-state index in [4.69, 9.17) is 4.74 Å². The number of rotatable bonds is 5. The molecule has 24 heavy (non-hydrogen) atoms. The Morgan fingerprint density at radius 2 is 1.67 bits per heavy atom. The molecule has 0 radical (unpaired) electrons. The second kappa shape index (κ2) is 7.67. The number of benzene rings is 2. The average molecular weight is 328 g/mol. The summed E-state index contributed by atoms with van der Waals surface area (Å²) in [6, 6.07) is 15.5. The molecule has 4 heteroatoms. The van der Waals surface area contributed by atoms with E-state index >= 15 is 0 Å². The molecule has 1 fully saturated rings. The Bertz CT molecular complexity index is 651. The van der Waals surface area contributed by atoms with Gasteiger partial charge in [0.2, 0.25) is 0 Å². The summed E-state index contributed by atoms with van der Waals surface area (Å²) in [5.41, 5.74) is 2.36. The van der Waals surface area contributed by atoms with E-state index in [9.17, 15) is 4.39 Å². The van der Waals surface area contributed by atoms with Gasteiger partial charge in [0.15, 0.2) is 0 Å². The van der Waals surface area contributed by atoms with Gasteiger partial charge in [0.25, 0.3) is 0 Å². The molecule has 0 N–H and O–H groups in total. The van der Waals surface area contributed by atoms with Gasteiger partial charge in [0.1, 0.15) is 11.6 Å². The Balaban J connectivity index is 1.57. The zero-order valence-corrected chi connectivity index (χ0v) is 14.4. The van der Waals surface area contributed by atoms with Gasteiger partial charge in [-0.2, -0.15) is 0 Å². The zero-order chi connectivity index (χ0) is 16.9. The molecule has 0 aromatic heterocycles. The lowest BCUT2D eigenvalue weighted by atomic mass is 10.0. The molecule has 1 aliphatic rings. The number of hydrogen-bond donors (Lipinski definition) is 0. The van der Waals surface area contributed by atoms with Crippen LogP contribution in [0.2, 0.25) is 0 Å². The van der Waals surface area contributed by atoms with Crippen molar-refractivity contribution in [3.05, 3.63) is 59.9 Å². The van der Waals surface area contributed by atoms with Crippen LogP contribution in [0.4, 0.5) is 10.1 Å². The lowest BCUT2D eigenvalue weighted by Gasteiger charge is -2.39. The number of anilines is 1. The maximum atomic E-state index is 13.0. The number of piperazine rings is 1. The highest BCUT2D eigenvalue weighted by atomic mass is 19.1. The Morgan fingerprint density at radius 1 is 1.00 bits per heavy atom. The third kappa shape index (κ3) is 3.88. The van der Waals surface area contributed by atoms with Gasteiger partial charge in [-0.05, 0) is 43.2 Å². The summed E-state index contributed by atoms with van der Waals surface area (Å²) in [6.07, 6.45) is 0.953. The summed E-state index contributed by atoms with van der Waals surface area (Å²) >= 11 is 0. The second-order valence-corrected chi connectivity index (χ2v) is 6.37. The lowest BCUT2D eigenvalue weighted by Crippen LogP contribution is -2.50. The Kier molecular flexibility index (Phi) is 5.36. The van der Waals surface area contributed by atoms with E-state index in [2.05, 4.69) is 28.9 Å². The number of methoxy groups -OCH3 is 1. The highest BCUT2D eigenvalue weighted by Crippen LogP contribution is 2.28. The molecule has 2 aromatic carbocycles. The first-order valence-corrected chi connectivity index (χ1v) is 8.54. The molecule has 3 rings (SSSR count). The second-order valence-electron chi connectivity index (χ2n) is 6.37. The SMILES string of the molecule is COc1ccccc1N1CCN([C@H](C)Cc2ccc(F)cc2)CC1. The van der Waals surface area contributed by atoms with Crippen molar-refractivity contribution in [2.45, 2.75) is 19.4 Å². The summed E-state index contributed by atoms with van der Waals surface area (Å²) in [5.74, 6) is 0.766. The smallest absolute Gasteiger partial charge is 0.142 e. The van der Waals surface area contributed by atoms with Crippen molar-refractivity contribution in [2.75, 3.05) is 38.2 Å². The van der Waals surface area contributed by atoms with Gasteiger partial charge in [-0.1, -0.05) is 24.3 Å². The molecular formula is C20H25FN2O. The Hall–Kier alpha value is -2.07. The van der Waals surface area contributed by atoms with Crippen molar-refractivity contribution in [1.29, 1.82) is 0 Å². The number of nitrogens with zero attached hydrogens (tertiary/aromatic N) is 2. The maximum absolute atomic E-state index is 13.0. The van der Waals surface area contributed by atoms with E-state index in [0.717, 1.165) is 38.3 Å². The van der Waals surface area contributed by atoms with E-state index in [1.165, 1.54) is 11.3 Å². The summed E-state index contributed by atoms with van der Waals surface area (Å²) in [5, 5.41) is 0. The molecule has 1 aliphatic heterocycles. The van der Waals surface area contributed by atoms with Crippen molar-refractivity contribution < 1.29 is 9.13 Å². The van der Waals surface area contributed by atoms with Crippen molar-refractivity contribution >= 4 is 5.69 Å². The van der Waals surface area contributed by atoms with E-state index < -0.39 is 0 Å². The van der Waals surface area contributed by atoms with Gasteiger partial charge in [0.05, 0.1) is 12.8 Å². The maximum Gasteiger partial charge on any atom is 0.142 e. The molecule has 0 unspecified atom stereocenters. The molecule has 3 nitrogen and oxygen atoms in total. The standard InChI is InChI=1S/C20H25FN2O/c1-16(15-17-7-9-18(21)10-8-17)22-11-13-23(14-12-22)19-5-3-4-6-20(19)24-2/h3-10,16H,11-15H2,1-2H3/t16-/m1/s1. The van der Waals surface area contributed by atoms with Crippen molar-refractivity contribution in [3.63, 3.8) is 0 Å². The van der Waals surface area contributed by atoms with Crippen LogP contribution < -0.4 is 9.64 Å². The predicted octanol–water partition coefficient (Wildman–Crippen LogP) is 3.59. The monoisotopic (exact) mass is 328 g/mol. The minimum atomic E-state index is -0.170. The first-order chi connectivity index (χ1) is 11.7. The third-order valence-electron chi connectivity index (χ3n) is 4.81. The largest absolute Gasteiger partial charge is 0.495 e. The van der Waals surface area contributed by atoms with Crippen molar-refractivity contribution in [3.8, 4) is 5.75 Å². The van der Waals surface area contributed by atoms with Crippen molar-refractivity contribution in [1.82, 2.24) is 4.90 Å². The molecule has 0 aliphatic carbocycles. The molecule has 1 atom stereocenters. The molecule has 1 heterocycles. The quantitative estimate of drug-likeness (QED) is 0.834. The average Bonchev–Trinajstić information content (AvgIpc) is 2.63. The fourth-order valence-electron chi connectivity index (χ4n) is 3.39. The van der Waals surface area contributed by atoms with E-state index in [0.29, 0.717) is 6.04 Å². The van der Waals surface area contributed by atoms with Crippen LogP contribution in [0.1, 0.15) is 12.5 Å². The Morgan fingerprint density at radius 3 is 2.33 bits per heavy atom. The van der Waals surface area contributed by atoms with Crippen LogP contribution in [-0.4, -0.2) is 44.2 Å². The molecule has 0 amide bonds. The fourth-order valence-corrected chi connectivity index (χ4v) is 3.39. The topological polar surface area (TPSA) is 15.7 Å². The van der Waals surface area contributed by atoms with Gasteiger partial charge >= 0.3 is 0 Å². The molecule has 2 aromatic rings. The fraction of sp³-hybridized carbons (Fsp3) is 0.400. The first kappa shape index (κ1) is 16.8. The summed E-state index contributed by atoms with van der Waals surface area (Å²) in [6.45, 7) is 6.30. The van der Waals surface area contributed by atoms with E-state index in [1.807, 2.05) is 24.3 Å². The van der Waals surface area contributed by atoms with Crippen LogP contribution in [-0.2, 0) is 6.42 Å². The van der Waals surface area contributed by atoms with Crippen molar-refractivity contribution in [2.24, 2.45) is 0 Å². The molecule has 0 bridgehead atoms. The molecular weight excluding hydrogens is 303 g/mol. The predicted molar refractivity (Wildman–Crippen MR) is 96.3 cm³/mol. The summed E-state index contributed by atoms with van der Waals surface area (Å²) < 4.78 is 18.5. The Labute approximate surface area is 143 Å².